The number of carbonyl (C=O) groups excluding carboxylic acids is 2. The van der Waals surface area contributed by atoms with Gasteiger partial charge in [0.25, 0.3) is 0 Å². The van der Waals surface area contributed by atoms with Crippen LogP contribution in [0.3, 0.4) is 0 Å². The van der Waals surface area contributed by atoms with Gasteiger partial charge in [-0.15, -0.1) is 0 Å². The first-order valence-corrected chi connectivity index (χ1v) is 6.56. The van der Waals surface area contributed by atoms with E-state index in [0.29, 0.717) is 5.92 Å². The maximum atomic E-state index is 12.4. The Kier molecular flexibility index (Phi) is 5.59. The second-order valence-electron chi connectivity index (χ2n) is 5.27. The zero-order valence-corrected chi connectivity index (χ0v) is 11.7. The molecule has 0 saturated carbocycles. The van der Waals surface area contributed by atoms with Gasteiger partial charge < -0.3 is 15.0 Å². The molecule has 2 atom stereocenters. The van der Waals surface area contributed by atoms with Crippen LogP contribution in [0.2, 0.25) is 0 Å². The van der Waals surface area contributed by atoms with E-state index in [-0.39, 0.29) is 30.5 Å². The van der Waals surface area contributed by atoms with Crippen molar-refractivity contribution in [2.75, 3.05) is 20.2 Å². The molecule has 1 rings (SSSR count). The predicted molar refractivity (Wildman–Crippen MR) is 69.1 cm³/mol. The molecule has 2 unspecified atom stereocenters. The fraction of sp³-hybridized carbons (Fsp3) is 0.846. The Bertz CT molecular complexity index is 305. The molecule has 1 fully saturated rings. The van der Waals surface area contributed by atoms with Crippen LogP contribution in [0, 0.1) is 5.92 Å². The molecule has 1 amide bonds. The number of hydrogen-bond acceptors (Lipinski definition) is 4. The Morgan fingerprint density at radius 3 is 2.61 bits per heavy atom. The van der Waals surface area contributed by atoms with Crippen LogP contribution in [-0.2, 0) is 14.3 Å². The molecule has 0 aromatic heterocycles. The summed E-state index contributed by atoms with van der Waals surface area (Å²) in [7, 11) is 1.34. The number of methoxy groups -OCH3 is 1. The van der Waals surface area contributed by atoms with E-state index in [1.807, 2.05) is 13.8 Å². The number of piperidine rings is 1. The Labute approximate surface area is 109 Å². The second kappa shape index (κ2) is 6.73. The third-order valence-electron chi connectivity index (χ3n) is 3.40. The number of rotatable bonds is 4. The standard InChI is InChI=1S/C13H24N2O3/c1-9(2)15(8-12(16)18-4)13(17)11-7-10(3)5-6-14-11/h9-11,14H,5-8H2,1-4H3. The first-order valence-electron chi connectivity index (χ1n) is 6.56. The zero-order valence-electron chi connectivity index (χ0n) is 11.7. The molecule has 0 aromatic carbocycles. The van der Waals surface area contributed by atoms with Crippen LogP contribution in [0.15, 0.2) is 0 Å². The van der Waals surface area contributed by atoms with E-state index in [0.717, 1.165) is 19.4 Å². The van der Waals surface area contributed by atoms with E-state index in [4.69, 9.17) is 0 Å². The summed E-state index contributed by atoms with van der Waals surface area (Å²) in [5, 5.41) is 3.23. The van der Waals surface area contributed by atoms with Gasteiger partial charge in [0, 0.05) is 6.04 Å². The molecule has 1 heterocycles. The number of ether oxygens (including phenoxy) is 1. The highest BCUT2D eigenvalue weighted by Crippen LogP contribution is 2.17. The van der Waals surface area contributed by atoms with Gasteiger partial charge in [-0.2, -0.15) is 0 Å². The molecule has 18 heavy (non-hydrogen) atoms. The van der Waals surface area contributed by atoms with Crippen LogP contribution >= 0.6 is 0 Å². The predicted octanol–water partition coefficient (Wildman–Crippen LogP) is 0.784. The summed E-state index contributed by atoms with van der Waals surface area (Å²) in [6.45, 7) is 6.86. The van der Waals surface area contributed by atoms with Crippen molar-refractivity contribution in [3.63, 3.8) is 0 Å². The Hall–Kier alpha value is -1.10. The normalized spacial score (nSPS) is 23.8. The van der Waals surface area contributed by atoms with Crippen molar-refractivity contribution in [3.05, 3.63) is 0 Å². The van der Waals surface area contributed by atoms with E-state index in [1.54, 1.807) is 4.90 Å². The summed E-state index contributed by atoms with van der Waals surface area (Å²) in [5.41, 5.74) is 0. The van der Waals surface area contributed by atoms with E-state index in [9.17, 15) is 9.59 Å². The monoisotopic (exact) mass is 256 g/mol. The molecular formula is C13H24N2O3. The minimum atomic E-state index is -0.374. The third kappa shape index (κ3) is 3.98. The van der Waals surface area contributed by atoms with E-state index >= 15 is 0 Å². The largest absolute Gasteiger partial charge is 0.468 e. The summed E-state index contributed by atoms with van der Waals surface area (Å²) >= 11 is 0. The molecule has 1 aliphatic rings. The van der Waals surface area contributed by atoms with Crippen molar-refractivity contribution in [1.82, 2.24) is 10.2 Å². The van der Waals surface area contributed by atoms with Gasteiger partial charge in [0.05, 0.1) is 13.2 Å². The maximum absolute atomic E-state index is 12.4. The molecule has 1 saturated heterocycles. The minimum Gasteiger partial charge on any atom is -0.468 e. The van der Waals surface area contributed by atoms with Crippen molar-refractivity contribution in [2.24, 2.45) is 5.92 Å². The SMILES string of the molecule is COC(=O)CN(C(=O)C1CC(C)CCN1)C(C)C. The van der Waals surface area contributed by atoms with Crippen LogP contribution in [0.25, 0.3) is 0 Å². The Balaban J connectivity index is 2.66. The average molecular weight is 256 g/mol. The van der Waals surface area contributed by atoms with Crippen LogP contribution in [0.4, 0.5) is 0 Å². The quantitative estimate of drug-likeness (QED) is 0.755. The fourth-order valence-electron chi connectivity index (χ4n) is 2.21. The zero-order chi connectivity index (χ0) is 13.7. The average Bonchev–Trinajstić information content (AvgIpc) is 2.34. The van der Waals surface area contributed by atoms with Crippen molar-refractivity contribution < 1.29 is 14.3 Å². The molecule has 5 heteroatoms. The van der Waals surface area contributed by atoms with E-state index in [2.05, 4.69) is 17.0 Å². The number of nitrogens with one attached hydrogen (secondary N) is 1. The fourth-order valence-corrected chi connectivity index (χ4v) is 2.21. The van der Waals surface area contributed by atoms with Gasteiger partial charge >= 0.3 is 5.97 Å². The van der Waals surface area contributed by atoms with Gasteiger partial charge in [-0.05, 0) is 39.2 Å². The molecule has 0 aliphatic carbocycles. The summed E-state index contributed by atoms with van der Waals surface area (Å²) < 4.78 is 4.64. The molecular weight excluding hydrogens is 232 g/mol. The molecule has 0 bridgehead atoms. The highest BCUT2D eigenvalue weighted by atomic mass is 16.5. The second-order valence-corrected chi connectivity index (χ2v) is 5.27. The molecule has 0 aromatic rings. The first-order chi connectivity index (χ1) is 8.45. The van der Waals surface area contributed by atoms with E-state index < -0.39 is 0 Å². The molecule has 104 valence electrons. The molecule has 1 N–H and O–H groups in total. The number of esters is 1. The molecule has 0 radical (unpaired) electrons. The number of hydrogen-bond donors (Lipinski definition) is 1. The lowest BCUT2D eigenvalue weighted by atomic mass is 9.93. The van der Waals surface area contributed by atoms with Gasteiger partial charge in [0.1, 0.15) is 6.54 Å². The van der Waals surface area contributed by atoms with Crippen LogP contribution < -0.4 is 5.32 Å². The number of nitrogens with zero attached hydrogens (tertiary/aromatic N) is 1. The lowest BCUT2D eigenvalue weighted by molar-refractivity contribution is -0.149. The lowest BCUT2D eigenvalue weighted by Gasteiger charge is -2.33. The summed E-state index contributed by atoms with van der Waals surface area (Å²) in [6.07, 6.45) is 1.94. The van der Waals surface area contributed by atoms with Crippen molar-refractivity contribution in [1.29, 1.82) is 0 Å². The number of amides is 1. The van der Waals surface area contributed by atoms with Gasteiger partial charge in [0.2, 0.25) is 5.91 Å². The van der Waals surface area contributed by atoms with Crippen molar-refractivity contribution in [3.8, 4) is 0 Å². The van der Waals surface area contributed by atoms with Crippen LogP contribution in [0.5, 0.6) is 0 Å². The first kappa shape index (κ1) is 15.0. The van der Waals surface area contributed by atoms with Crippen LogP contribution in [0.1, 0.15) is 33.6 Å². The molecule has 1 aliphatic heterocycles. The molecule has 0 spiro atoms. The Morgan fingerprint density at radius 2 is 2.11 bits per heavy atom. The Morgan fingerprint density at radius 1 is 1.44 bits per heavy atom. The lowest BCUT2D eigenvalue weighted by Crippen LogP contribution is -2.53. The molecule has 5 nitrogen and oxygen atoms in total. The smallest absolute Gasteiger partial charge is 0.325 e. The highest BCUT2D eigenvalue weighted by Gasteiger charge is 2.30. The van der Waals surface area contributed by atoms with Gasteiger partial charge in [-0.1, -0.05) is 6.92 Å². The highest BCUT2D eigenvalue weighted by molar-refractivity contribution is 5.86. The van der Waals surface area contributed by atoms with Crippen LogP contribution in [-0.4, -0.2) is 49.1 Å². The summed E-state index contributed by atoms with van der Waals surface area (Å²) in [6, 6.07) is -0.170. The van der Waals surface area contributed by atoms with Crippen molar-refractivity contribution in [2.45, 2.75) is 45.7 Å². The topological polar surface area (TPSA) is 58.6 Å². The van der Waals surface area contributed by atoms with Gasteiger partial charge in [-0.25, -0.2) is 0 Å². The van der Waals surface area contributed by atoms with Crippen molar-refractivity contribution >= 4 is 11.9 Å². The van der Waals surface area contributed by atoms with Gasteiger partial charge in [-0.3, -0.25) is 9.59 Å². The van der Waals surface area contributed by atoms with Gasteiger partial charge in [0.15, 0.2) is 0 Å². The summed E-state index contributed by atoms with van der Waals surface area (Å²) in [5.74, 6) is 0.176. The summed E-state index contributed by atoms with van der Waals surface area (Å²) in [4.78, 5) is 25.3. The third-order valence-corrected chi connectivity index (χ3v) is 3.40. The van der Waals surface area contributed by atoms with E-state index in [1.165, 1.54) is 7.11 Å². The number of carbonyl (C=O) groups is 2. The minimum absolute atomic E-state index is 0.00181. The maximum Gasteiger partial charge on any atom is 0.325 e.